The maximum atomic E-state index is 11.3. The zero-order chi connectivity index (χ0) is 11.7. The minimum absolute atomic E-state index is 0.204. The van der Waals surface area contributed by atoms with Crippen molar-refractivity contribution in [3.63, 3.8) is 0 Å². The summed E-state index contributed by atoms with van der Waals surface area (Å²) in [5.74, 6) is 0. The van der Waals surface area contributed by atoms with Gasteiger partial charge in [-0.2, -0.15) is 0 Å². The van der Waals surface area contributed by atoms with Crippen molar-refractivity contribution in [1.29, 1.82) is 0 Å². The molecule has 3 rings (SSSR count). The van der Waals surface area contributed by atoms with Crippen molar-refractivity contribution in [2.45, 2.75) is 19.0 Å². The molecular weight excluding hydrogens is 214 g/mol. The van der Waals surface area contributed by atoms with Crippen LogP contribution < -0.4 is 0 Å². The van der Waals surface area contributed by atoms with Gasteiger partial charge in [-0.3, -0.25) is 9.69 Å². The van der Waals surface area contributed by atoms with E-state index in [1.165, 1.54) is 12.8 Å². The van der Waals surface area contributed by atoms with E-state index in [2.05, 4.69) is 9.88 Å². The van der Waals surface area contributed by atoms with Crippen molar-refractivity contribution < 1.29 is 4.79 Å². The third-order valence-corrected chi connectivity index (χ3v) is 3.40. The predicted octanol–water partition coefficient (Wildman–Crippen LogP) is 1.83. The summed E-state index contributed by atoms with van der Waals surface area (Å²) in [4.78, 5) is 17.9. The van der Waals surface area contributed by atoms with Gasteiger partial charge in [0.1, 0.15) is 6.17 Å². The summed E-state index contributed by atoms with van der Waals surface area (Å²) in [5, 5.41) is 0. The van der Waals surface area contributed by atoms with Crippen LogP contribution >= 0.6 is 0 Å². The molecule has 1 aliphatic heterocycles. The molecule has 88 valence electrons. The highest BCUT2D eigenvalue weighted by Crippen LogP contribution is 2.22. The van der Waals surface area contributed by atoms with Crippen molar-refractivity contribution >= 4 is 17.3 Å². The summed E-state index contributed by atoms with van der Waals surface area (Å²) >= 11 is 0. The van der Waals surface area contributed by atoms with Crippen LogP contribution in [0.3, 0.4) is 0 Å². The third kappa shape index (κ3) is 1.74. The number of likely N-dealkylation sites (tertiary alicyclic amines) is 1. The summed E-state index contributed by atoms with van der Waals surface area (Å²) in [5.41, 5.74) is 1.97. The number of nitrogens with zero attached hydrogens (tertiary/aromatic N) is 3. The van der Waals surface area contributed by atoms with Gasteiger partial charge in [0.25, 0.3) is 0 Å². The van der Waals surface area contributed by atoms with Crippen LogP contribution in [0.15, 0.2) is 30.6 Å². The van der Waals surface area contributed by atoms with E-state index < -0.39 is 0 Å². The number of aromatic nitrogens is 2. The first-order valence-corrected chi connectivity index (χ1v) is 6.01. The summed E-state index contributed by atoms with van der Waals surface area (Å²) in [6.45, 7) is 1.99. The molecule has 1 saturated heterocycles. The van der Waals surface area contributed by atoms with E-state index in [1.54, 1.807) is 6.33 Å². The maximum absolute atomic E-state index is 11.3. The number of para-hydroxylation sites is 2. The Bertz CT molecular complexity index is 528. The zero-order valence-corrected chi connectivity index (χ0v) is 9.62. The average Bonchev–Trinajstić information content (AvgIpc) is 3.01. The molecule has 0 saturated carbocycles. The first kappa shape index (κ1) is 10.5. The molecule has 1 atom stereocenters. The van der Waals surface area contributed by atoms with Gasteiger partial charge < -0.3 is 4.57 Å². The first-order chi connectivity index (χ1) is 8.40. The number of hydrogen-bond acceptors (Lipinski definition) is 3. The number of benzene rings is 1. The fourth-order valence-corrected chi connectivity index (χ4v) is 2.52. The molecule has 1 aromatic heterocycles. The Kier molecular flexibility index (Phi) is 2.65. The molecule has 17 heavy (non-hydrogen) atoms. The van der Waals surface area contributed by atoms with Crippen LogP contribution in [0, 0.1) is 0 Å². The van der Waals surface area contributed by atoms with Gasteiger partial charge in [0, 0.05) is 13.1 Å². The van der Waals surface area contributed by atoms with E-state index in [9.17, 15) is 4.79 Å². The van der Waals surface area contributed by atoms with Crippen LogP contribution in [0.1, 0.15) is 19.0 Å². The molecule has 0 spiro atoms. The fraction of sp³-hybridized carbons (Fsp3) is 0.385. The number of rotatable bonds is 3. The highest BCUT2D eigenvalue weighted by atomic mass is 16.1. The highest BCUT2D eigenvalue weighted by molar-refractivity contribution is 5.76. The van der Waals surface area contributed by atoms with Gasteiger partial charge in [0.2, 0.25) is 0 Å². The quantitative estimate of drug-likeness (QED) is 0.754. The molecule has 0 amide bonds. The second-order valence-corrected chi connectivity index (χ2v) is 4.43. The van der Waals surface area contributed by atoms with Crippen LogP contribution in [0.5, 0.6) is 0 Å². The number of fused-ring (bicyclic) bond motifs is 1. The van der Waals surface area contributed by atoms with Gasteiger partial charge in [0.15, 0.2) is 6.29 Å². The lowest BCUT2D eigenvalue weighted by Crippen LogP contribution is -2.30. The highest BCUT2D eigenvalue weighted by Gasteiger charge is 2.23. The molecule has 1 unspecified atom stereocenters. The van der Waals surface area contributed by atoms with Crippen molar-refractivity contribution in [3.05, 3.63) is 30.6 Å². The first-order valence-electron chi connectivity index (χ1n) is 6.01. The minimum atomic E-state index is -0.204. The van der Waals surface area contributed by atoms with E-state index in [0.29, 0.717) is 0 Å². The van der Waals surface area contributed by atoms with E-state index in [4.69, 9.17) is 0 Å². The zero-order valence-electron chi connectivity index (χ0n) is 9.62. The maximum Gasteiger partial charge on any atom is 0.157 e. The lowest BCUT2D eigenvalue weighted by Gasteiger charge is -2.23. The average molecular weight is 229 g/mol. The second-order valence-electron chi connectivity index (χ2n) is 4.43. The second kappa shape index (κ2) is 4.30. The smallest absolute Gasteiger partial charge is 0.157 e. The van der Waals surface area contributed by atoms with Gasteiger partial charge in [0.05, 0.1) is 17.4 Å². The largest absolute Gasteiger partial charge is 0.307 e. The lowest BCUT2D eigenvalue weighted by molar-refractivity contribution is -0.114. The number of aldehydes is 1. The Balaban J connectivity index is 2.03. The molecule has 1 aromatic carbocycles. The van der Waals surface area contributed by atoms with E-state index in [-0.39, 0.29) is 6.17 Å². The normalized spacial score (nSPS) is 18.6. The molecule has 0 radical (unpaired) electrons. The van der Waals surface area contributed by atoms with Crippen LogP contribution in [0.2, 0.25) is 0 Å². The van der Waals surface area contributed by atoms with Gasteiger partial charge in [-0.25, -0.2) is 4.98 Å². The summed E-state index contributed by atoms with van der Waals surface area (Å²) in [6.07, 6.45) is 4.93. The van der Waals surface area contributed by atoms with Crippen LogP contribution in [-0.2, 0) is 4.79 Å². The van der Waals surface area contributed by atoms with Crippen molar-refractivity contribution in [2.75, 3.05) is 13.1 Å². The summed E-state index contributed by atoms with van der Waals surface area (Å²) < 4.78 is 1.97. The summed E-state index contributed by atoms with van der Waals surface area (Å²) in [6, 6.07) is 7.92. The topological polar surface area (TPSA) is 38.1 Å². The van der Waals surface area contributed by atoms with Gasteiger partial charge in [-0.1, -0.05) is 12.1 Å². The molecule has 4 nitrogen and oxygen atoms in total. The van der Waals surface area contributed by atoms with E-state index >= 15 is 0 Å². The molecule has 0 aliphatic carbocycles. The Morgan fingerprint density at radius 1 is 1.24 bits per heavy atom. The molecule has 1 aliphatic rings. The molecule has 2 heterocycles. The fourth-order valence-electron chi connectivity index (χ4n) is 2.52. The van der Waals surface area contributed by atoms with E-state index in [1.807, 2.05) is 28.8 Å². The lowest BCUT2D eigenvalue weighted by atomic mass is 10.3. The van der Waals surface area contributed by atoms with Gasteiger partial charge in [-0.15, -0.1) is 0 Å². The summed E-state index contributed by atoms with van der Waals surface area (Å²) in [7, 11) is 0. The number of carbonyl (C=O) groups is 1. The van der Waals surface area contributed by atoms with Crippen molar-refractivity contribution in [1.82, 2.24) is 14.5 Å². The number of carbonyl (C=O) groups excluding carboxylic acids is 1. The van der Waals surface area contributed by atoms with Crippen LogP contribution in [0.25, 0.3) is 11.0 Å². The Hall–Kier alpha value is -1.68. The van der Waals surface area contributed by atoms with Gasteiger partial charge >= 0.3 is 0 Å². The Labute approximate surface area is 99.9 Å². The number of imidazole rings is 1. The molecular formula is C13H15N3O. The van der Waals surface area contributed by atoms with Crippen LogP contribution in [0.4, 0.5) is 0 Å². The molecule has 2 aromatic rings. The van der Waals surface area contributed by atoms with Crippen molar-refractivity contribution in [3.8, 4) is 0 Å². The Morgan fingerprint density at radius 3 is 2.76 bits per heavy atom. The number of hydrogen-bond donors (Lipinski definition) is 0. The molecule has 4 heteroatoms. The predicted molar refractivity (Wildman–Crippen MR) is 65.6 cm³/mol. The van der Waals surface area contributed by atoms with Gasteiger partial charge in [-0.05, 0) is 25.0 Å². The Morgan fingerprint density at radius 2 is 2.00 bits per heavy atom. The monoisotopic (exact) mass is 229 g/mol. The molecule has 0 bridgehead atoms. The standard InChI is InChI=1S/C13H15N3O/c17-9-13(15-7-3-4-8-15)16-10-14-11-5-1-2-6-12(11)16/h1-2,5-6,9-10,13H,3-4,7-8H2. The molecule has 1 fully saturated rings. The SMILES string of the molecule is O=CC(N1CCCC1)n1cnc2ccccc21. The van der Waals surface area contributed by atoms with Crippen LogP contribution in [-0.4, -0.2) is 33.8 Å². The third-order valence-electron chi connectivity index (χ3n) is 3.40. The van der Waals surface area contributed by atoms with Crippen molar-refractivity contribution in [2.24, 2.45) is 0 Å². The van der Waals surface area contributed by atoms with E-state index in [0.717, 1.165) is 30.4 Å². The molecule has 0 N–H and O–H groups in total. The minimum Gasteiger partial charge on any atom is -0.307 e.